The molecule has 84 valence electrons. The van der Waals surface area contributed by atoms with Gasteiger partial charge in [0.15, 0.2) is 0 Å². The summed E-state index contributed by atoms with van der Waals surface area (Å²) in [5.74, 6) is 0. The zero-order valence-corrected chi connectivity index (χ0v) is 9.94. The van der Waals surface area contributed by atoms with E-state index in [1.54, 1.807) is 0 Å². The van der Waals surface area contributed by atoms with Gasteiger partial charge in [0.05, 0.1) is 19.3 Å². The number of hydrogen-bond acceptors (Lipinski definition) is 2. The Bertz CT molecular complexity index is 260. The quantitative estimate of drug-likeness (QED) is 0.702. The van der Waals surface area contributed by atoms with Crippen LogP contribution in [-0.2, 0) is 4.74 Å². The maximum absolute atomic E-state index is 5.47. The smallest absolute Gasteiger partial charge is 0.0664 e. The second-order valence-electron chi connectivity index (χ2n) is 3.48. The number of hydrogen-bond donors (Lipinski definition) is 0. The minimum absolute atomic E-state index is 0.440. The van der Waals surface area contributed by atoms with Gasteiger partial charge in [0.1, 0.15) is 0 Å². The predicted octanol–water partition coefficient (Wildman–Crippen LogP) is 2.72. The fraction of sp³-hybridized carbons (Fsp3) is 0.538. The summed E-state index contributed by atoms with van der Waals surface area (Å²) in [6.07, 6.45) is 0. The second kappa shape index (κ2) is 6.59. The summed E-state index contributed by atoms with van der Waals surface area (Å²) in [5.41, 5.74) is 1.35. The van der Waals surface area contributed by atoms with Crippen molar-refractivity contribution in [3.05, 3.63) is 35.9 Å². The second-order valence-corrected chi connectivity index (χ2v) is 3.48. The van der Waals surface area contributed by atoms with E-state index >= 15 is 0 Å². The third-order valence-corrected chi connectivity index (χ3v) is 2.58. The van der Waals surface area contributed by atoms with E-state index in [0.717, 1.165) is 19.8 Å². The molecule has 0 amide bonds. The number of benzene rings is 1. The number of nitrogens with zero attached hydrogens (tertiary/aromatic N) is 1. The van der Waals surface area contributed by atoms with Crippen molar-refractivity contribution in [2.75, 3.05) is 26.8 Å². The van der Waals surface area contributed by atoms with Crippen LogP contribution in [0.15, 0.2) is 30.3 Å². The minimum Gasteiger partial charge on any atom is -0.378 e. The number of likely N-dealkylation sites (N-methyl/N-ethyl adjacent to an activating group) is 1. The molecule has 15 heavy (non-hydrogen) atoms. The van der Waals surface area contributed by atoms with Gasteiger partial charge in [0.25, 0.3) is 0 Å². The molecule has 1 aliphatic heterocycles. The Morgan fingerprint density at radius 3 is 2.47 bits per heavy atom. The lowest BCUT2D eigenvalue weighted by atomic mass is 10.1. The van der Waals surface area contributed by atoms with Crippen LogP contribution in [0.5, 0.6) is 0 Å². The topological polar surface area (TPSA) is 12.5 Å². The van der Waals surface area contributed by atoms with E-state index in [1.165, 1.54) is 5.56 Å². The van der Waals surface area contributed by atoms with Gasteiger partial charge in [-0.2, -0.15) is 0 Å². The average molecular weight is 207 g/mol. The zero-order chi connectivity index (χ0) is 11.1. The highest BCUT2D eigenvalue weighted by Gasteiger charge is 2.20. The Morgan fingerprint density at radius 1 is 1.20 bits per heavy atom. The Morgan fingerprint density at radius 2 is 1.87 bits per heavy atom. The molecule has 1 heterocycles. The van der Waals surface area contributed by atoms with Gasteiger partial charge in [-0.3, -0.25) is 4.90 Å². The van der Waals surface area contributed by atoms with Crippen LogP contribution in [0.4, 0.5) is 0 Å². The fourth-order valence-electron chi connectivity index (χ4n) is 1.71. The molecule has 0 N–H and O–H groups in total. The van der Waals surface area contributed by atoms with Crippen LogP contribution in [0.1, 0.15) is 25.5 Å². The summed E-state index contributed by atoms with van der Waals surface area (Å²) in [6, 6.07) is 11.0. The molecule has 0 aromatic heterocycles. The Hall–Kier alpha value is -0.860. The van der Waals surface area contributed by atoms with Crippen LogP contribution in [0.3, 0.4) is 0 Å². The monoisotopic (exact) mass is 207 g/mol. The first-order valence-electron chi connectivity index (χ1n) is 5.71. The highest BCUT2D eigenvalue weighted by atomic mass is 16.5. The highest BCUT2D eigenvalue weighted by molar-refractivity contribution is 5.19. The van der Waals surface area contributed by atoms with Gasteiger partial charge in [-0.1, -0.05) is 44.2 Å². The van der Waals surface area contributed by atoms with Crippen molar-refractivity contribution in [2.45, 2.75) is 19.9 Å². The normalized spacial score (nSPS) is 21.7. The number of rotatable bonds is 1. The molecule has 2 heteroatoms. The lowest BCUT2D eigenvalue weighted by molar-refractivity contribution is 0.00506. The Balaban J connectivity index is 0.000000531. The van der Waals surface area contributed by atoms with Crippen LogP contribution in [0.2, 0.25) is 0 Å². The summed E-state index contributed by atoms with van der Waals surface area (Å²) >= 11 is 0. The summed E-state index contributed by atoms with van der Waals surface area (Å²) in [4.78, 5) is 2.35. The summed E-state index contributed by atoms with van der Waals surface area (Å²) in [5, 5.41) is 0. The molecule has 1 aromatic carbocycles. The molecule has 0 aliphatic carbocycles. The van der Waals surface area contributed by atoms with E-state index in [9.17, 15) is 0 Å². The first-order chi connectivity index (χ1) is 7.38. The van der Waals surface area contributed by atoms with Crippen molar-refractivity contribution in [3.63, 3.8) is 0 Å². The van der Waals surface area contributed by atoms with Gasteiger partial charge < -0.3 is 4.74 Å². The van der Waals surface area contributed by atoms with Crippen LogP contribution in [-0.4, -0.2) is 31.7 Å². The number of ether oxygens (including phenoxy) is 1. The van der Waals surface area contributed by atoms with Crippen LogP contribution >= 0.6 is 0 Å². The van der Waals surface area contributed by atoms with Crippen molar-refractivity contribution >= 4 is 0 Å². The van der Waals surface area contributed by atoms with Gasteiger partial charge in [-0.05, 0) is 12.6 Å². The van der Waals surface area contributed by atoms with Gasteiger partial charge >= 0.3 is 0 Å². The van der Waals surface area contributed by atoms with Crippen molar-refractivity contribution < 1.29 is 4.74 Å². The SMILES string of the molecule is CC.CN1CCOC[C@@H]1c1ccccc1. The number of morpholine rings is 1. The van der Waals surface area contributed by atoms with E-state index in [-0.39, 0.29) is 0 Å². The maximum atomic E-state index is 5.47. The van der Waals surface area contributed by atoms with Crippen LogP contribution in [0, 0.1) is 0 Å². The average Bonchev–Trinajstić information content (AvgIpc) is 2.33. The Kier molecular flexibility index (Phi) is 5.37. The van der Waals surface area contributed by atoms with Gasteiger partial charge in [0.2, 0.25) is 0 Å². The standard InChI is InChI=1S/C11H15NO.C2H6/c1-12-7-8-13-9-11(12)10-5-3-2-4-6-10;1-2/h2-6,11H,7-9H2,1H3;1-2H3/t11-;/m1./s1. The van der Waals surface area contributed by atoms with E-state index in [1.807, 2.05) is 19.9 Å². The van der Waals surface area contributed by atoms with Gasteiger partial charge in [0, 0.05) is 6.54 Å². The summed E-state index contributed by atoms with van der Waals surface area (Å²) < 4.78 is 5.47. The van der Waals surface area contributed by atoms with Crippen molar-refractivity contribution in [2.24, 2.45) is 0 Å². The molecular weight excluding hydrogens is 186 g/mol. The van der Waals surface area contributed by atoms with Crippen molar-refractivity contribution in [3.8, 4) is 0 Å². The van der Waals surface area contributed by atoms with Crippen LogP contribution in [0.25, 0.3) is 0 Å². The minimum atomic E-state index is 0.440. The van der Waals surface area contributed by atoms with Crippen molar-refractivity contribution in [1.82, 2.24) is 4.90 Å². The third kappa shape index (κ3) is 3.33. The molecule has 0 saturated carbocycles. The molecule has 1 aromatic rings. The summed E-state index contributed by atoms with van der Waals surface area (Å²) in [7, 11) is 2.15. The Labute approximate surface area is 92.9 Å². The molecule has 2 nitrogen and oxygen atoms in total. The first-order valence-corrected chi connectivity index (χ1v) is 5.71. The highest BCUT2D eigenvalue weighted by Crippen LogP contribution is 2.21. The lowest BCUT2D eigenvalue weighted by Gasteiger charge is -2.32. The molecule has 1 atom stereocenters. The lowest BCUT2D eigenvalue weighted by Crippen LogP contribution is -2.36. The zero-order valence-electron chi connectivity index (χ0n) is 9.94. The van der Waals surface area contributed by atoms with Gasteiger partial charge in [-0.25, -0.2) is 0 Å². The third-order valence-electron chi connectivity index (χ3n) is 2.58. The predicted molar refractivity (Wildman–Crippen MR) is 64.0 cm³/mol. The molecule has 1 fully saturated rings. The van der Waals surface area contributed by atoms with Crippen molar-refractivity contribution in [1.29, 1.82) is 0 Å². The molecule has 1 saturated heterocycles. The molecular formula is C13H21NO. The molecule has 2 rings (SSSR count). The first kappa shape index (κ1) is 12.2. The maximum Gasteiger partial charge on any atom is 0.0664 e. The van der Waals surface area contributed by atoms with E-state index in [4.69, 9.17) is 4.74 Å². The van der Waals surface area contributed by atoms with E-state index in [2.05, 4.69) is 36.2 Å². The molecule has 0 bridgehead atoms. The molecule has 0 unspecified atom stereocenters. The molecule has 0 radical (unpaired) electrons. The molecule has 0 spiro atoms. The van der Waals surface area contributed by atoms with Gasteiger partial charge in [-0.15, -0.1) is 0 Å². The molecule has 1 aliphatic rings. The van der Waals surface area contributed by atoms with Crippen LogP contribution < -0.4 is 0 Å². The van der Waals surface area contributed by atoms with E-state index < -0.39 is 0 Å². The van der Waals surface area contributed by atoms with E-state index in [0.29, 0.717) is 6.04 Å². The summed E-state index contributed by atoms with van der Waals surface area (Å²) in [6.45, 7) is 6.71. The fourth-order valence-corrected chi connectivity index (χ4v) is 1.71. The largest absolute Gasteiger partial charge is 0.378 e.